The van der Waals surface area contributed by atoms with Crippen molar-refractivity contribution in [2.45, 2.75) is 25.9 Å². The zero-order valence-corrected chi connectivity index (χ0v) is 30.0. The lowest BCUT2D eigenvalue weighted by Gasteiger charge is -2.14. The number of methoxy groups -OCH3 is 4. The first-order chi connectivity index (χ1) is 25.1. The Labute approximate surface area is 307 Å². The smallest absolute Gasteiger partial charge is 0.340 e. The highest BCUT2D eigenvalue weighted by atomic mass is 35.5. The third-order valence-electron chi connectivity index (χ3n) is 7.12. The van der Waals surface area contributed by atoms with Crippen molar-refractivity contribution in [2.75, 3.05) is 39.1 Å². The number of Topliss-reactive ketones (excluding diaryl/α,β-unsaturated/α-hetero) is 2. The molecule has 2 N–H and O–H groups in total. The van der Waals surface area contributed by atoms with Gasteiger partial charge in [-0.1, -0.05) is 24.2 Å². The van der Waals surface area contributed by atoms with Crippen molar-refractivity contribution in [3.63, 3.8) is 0 Å². The lowest BCUT2D eigenvalue weighted by molar-refractivity contribution is -0.127. The minimum Gasteiger partial charge on any atom is -0.497 e. The summed E-state index contributed by atoms with van der Waals surface area (Å²) in [4.78, 5) is 87.6. The summed E-state index contributed by atoms with van der Waals surface area (Å²) in [6, 6.07) is 8.62. The fourth-order valence-corrected chi connectivity index (χ4v) is 4.54. The first-order valence-electron chi connectivity index (χ1n) is 15.2. The lowest BCUT2D eigenvalue weighted by atomic mass is 10.1. The molecule has 0 saturated heterocycles. The van der Waals surface area contributed by atoms with E-state index in [2.05, 4.69) is 42.4 Å². The number of carbonyl (C=O) groups is 7. The van der Waals surface area contributed by atoms with Crippen LogP contribution in [0.1, 0.15) is 50.5 Å². The first kappa shape index (κ1) is 40.8. The molecule has 276 valence electrons. The number of rotatable bonds is 15. The summed E-state index contributed by atoms with van der Waals surface area (Å²) < 4.78 is 19.3. The molecule has 17 nitrogen and oxygen atoms in total. The fraction of sp³-hybridized carbons (Fsp3) is 0.229. The van der Waals surface area contributed by atoms with Crippen LogP contribution in [0.3, 0.4) is 0 Å². The number of carbonyl (C=O) groups excluding carboxylic acids is 7. The van der Waals surface area contributed by atoms with Gasteiger partial charge >= 0.3 is 17.9 Å². The van der Waals surface area contributed by atoms with Gasteiger partial charge in [-0.05, 0) is 62.4 Å². The molecule has 0 spiro atoms. The summed E-state index contributed by atoms with van der Waals surface area (Å²) in [5.74, 6) is -5.30. The molecule has 0 radical (unpaired) electrons. The zero-order valence-electron chi connectivity index (χ0n) is 29.2. The van der Waals surface area contributed by atoms with Crippen molar-refractivity contribution in [3.8, 4) is 0 Å². The van der Waals surface area contributed by atoms with Crippen molar-refractivity contribution in [1.82, 2.24) is 0 Å². The highest BCUT2D eigenvalue weighted by Gasteiger charge is 2.27. The fourth-order valence-electron chi connectivity index (χ4n) is 4.31. The molecule has 0 aliphatic carbocycles. The van der Waals surface area contributed by atoms with Crippen LogP contribution in [0.4, 0.5) is 22.7 Å². The molecule has 3 rings (SSSR count). The lowest BCUT2D eigenvalue weighted by Crippen LogP contribution is -2.32. The number of ether oxygens (including phenoxy) is 4. The van der Waals surface area contributed by atoms with Gasteiger partial charge in [-0.15, -0.1) is 0 Å². The molecule has 3 aromatic carbocycles. The molecule has 53 heavy (non-hydrogen) atoms. The van der Waals surface area contributed by atoms with Crippen LogP contribution in [0.5, 0.6) is 0 Å². The Kier molecular flexibility index (Phi) is 14.3. The van der Waals surface area contributed by atoms with E-state index in [9.17, 15) is 33.6 Å². The van der Waals surface area contributed by atoms with Crippen molar-refractivity contribution < 1.29 is 52.5 Å². The largest absolute Gasteiger partial charge is 0.497 e. The number of nitrogens with one attached hydrogen (secondary N) is 2. The third kappa shape index (κ3) is 10.5. The molecule has 0 aromatic heterocycles. The maximum atomic E-state index is 13.1. The number of anilines is 2. The second kappa shape index (κ2) is 18.6. The Bertz CT molecular complexity index is 2050. The molecule has 0 fully saturated rings. The van der Waals surface area contributed by atoms with Crippen LogP contribution in [-0.2, 0) is 38.1 Å². The third-order valence-corrected chi connectivity index (χ3v) is 7.43. The number of halogens is 1. The first-order valence-corrected chi connectivity index (χ1v) is 15.5. The Balaban J connectivity index is 1.82. The average Bonchev–Trinajstić information content (AvgIpc) is 3.14. The van der Waals surface area contributed by atoms with Crippen LogP contribution < -0.4 is 10.6 Å². The minimum atomic E-state index is -1.70. The molecule has 18 heteroatoms. The standard InChI is InChI=1S/C35H33ClN6O11/c1-17(43)29(41-40-28-15-21(33(47)51-5)9-12-24(28)35(49)53-7)31(45)37-22-10-13-26(25(36)16-22)38-32(46)30(18(2)44)42-39-27-14-20(19(3)50-4)8-11-23(27)34(48)52-6/h8-16,29-30H,3H2,1-2,4-7H3,(H,37,45)(H,38,46). The van der Waals surface area contributed by atoms with Gasteiger partial charge < -0.3 is 29.6 Å². The highest BCUT2D eigenvalue weighted by molar-refractivity contribution is 6.34. The molecule has 0 saturated carbocycles. The predicted octanol–water partition coefficient (Wildman–Crippen LogP) is 5.68. The second-order valence-corrected chi connectivity index (χ2v) is 11.1. The number of esters is 3. The van der Waals surface area contributed by atoms with Gasteiger partial charge in [0, 0.05) is 11.3 Å². The summed E-state index contributed by atoms with van der Waals surface area (Å²) in [5, 5.41) is 20.4. The van der Waals surface area contributed by atoms with Gasteiger partial charge in [0.15, 0.2) is 11.6 Å². The molecular formula is C35H33ClN6O11. The normalized spacial score (nSPS) is 12.0. The van der Waals surface area contributed by atoms with Gasteiger partial charge in [0.2, 0.25) is 12.1 Å². The van der Waals surface area contributed by atoms with Crippen molar-refractivity contribution in [3.05, 3.63) is 88.5 Å². The number of amides is 2. The minimum absolute atomic E-state index is 0.000472. The van der Waals surface area contributed by atoms with Crippen LogP contribution in [0.2, 0.25) is 5.02 Å². The van der Waals surface area contributed by atoms with E-state index in [0.717, 1.165) is 28.1 Å². The van der Waals surface area contributed by atoms with Crippen LogP contribution in [0.15, 0.2) is 81.6 Å². The van der Waals surface area contributed by atoms with Gasteiger partial charge in [0.25, 0.3) is 11.8 Å². The summed E-state index contributed by atoms with van der Waals surface area (Å²) in [7, 11) is 4.85. The quantitative estimate of drug-likeness (QED) is 0.0631. The van der Waals surface area contributed by atoms with E-state index in [1.165, 1.54) is 62.8 Å². The van der Waals surface area contributed by atoms with Crippen LogP contribution in [-0.4, -0.2) is 81.8 Å². The molecule has 2 unspecified atom stereocenters. The molecule has 0 aliphatic heterocycles. The Hall–Kier alpha value is -6.62. The maximum Gasteiger partial charge on any atom is 0.340 e. The average molecular weight is 749 g/mol. The molecule has 3 aromatic rings. The Morgan fingerprint density at radius 2 is 1.09 bits per heavy atom. The zero-order chi connectivity index (χ0) is 39.4. The van der Waals surface area contributed by atoms with Crippen LogP contribution in [0.25, 0.3) is 5.76 Å². The van der Waals surface area contributed by atoms with E-state index in [1.807, 2.05) is 0 Å². The second-order valence-electron chi connectivity index (χ2n) is 10.7. The van der Waals surface area contributed by atoms with E-state index < -0.39 is 53.4 Å². The highest BCUT2D eigenvalue weighted by Crippen LogP contribution is 2.29. The molecule has 2 amide bonds. The topological polar surface area (TPSA) is 230 Å². The van der Waals surface area contributed by atoms with Gasteiger partial charge in [0.05, 0.1) is 55.8 Å². The monoisotopic (exact) mass is 748 g/mol. The van der Waals surface area contributed by atoms with E-state index in [4.69, 9.17) is 25.8 Å². The van der Waals surface area contributed by atoms with Gasteiger partial charge in [-0.3, -0.25) is 19.2 Å². The number of azo groups is 2. The summed E-state index contributed by atoms with van der Waals surface area (Å²) >= 11 is 6.38. The number of nitrogens with zero attached hydrogens (tertiary/aromatic N) is 4. The molecule has 2 atom stereocenters. The summed E-state index contributed by atoms with van der Waals surface area (Å²) in [6.45, 7) is 5.95. The van der Waals surface area contributed by atoms with Gasteiger partial charge in [0.1, 0.15) is 17.1 Å². The molecule has 0 heterocycles. The van der Waals surface area contributed by atoms with E-state index in [-0.39, 0.29) is 50.2 Å². The van der Waals surface area contributed by atoms with Crippen molar-refractivity contribution in [2.24, 2.45) is 20.5 Å². The Morgan fingerprint density at radius 3 is 1.55 bits per heavy atom. The van der Waals surface area contributed by atoms with Crippen LogP contribution in [0, 0.1) is 0 Å². The number of benzene rings is 3. The molecular weight excluding hydrogens is 716 g/mol. The van der Waals surface area contributed by atoms with Crippen molar-refractivity contribution in [1.29, 1.82) is 0 Å². The summed E-state index contributed by atoms with van der Waals surface area (Å²) in [5.41, 5.74) is 0.285. The van der Waals surface area contributed by atoms with E-state index >= 15 is 0 Å². The van der Waals surface area contributed by atoms with E-state index in [0.29, 0.717) is 5.56 Å². The van der Waals surface area contributed by atoms with Crippen LogP contribution >= 0.6 is 11.6 Å². The molecule has 0 bridgehead atoms. The maximum absolute atomic E-state index is 13.1. The van der Waals surface area contributed by atoms with E-state index in [1.54, 1.807) is 6.07 Å². The Morgan fingerprint density at radius 1 is 0.623 bits per heavy atom. The van der Waals surface area contributed by atoms with Gasteiger partial charge in [-0.2, -0.15) is 20.5 Å². The van der Waals surface area contributed by atoms with Gasteiger partial charge in [-0.25, -0.2) is 14.4 Å². The SMILES string of the molecule is C=C(OC)c1ccc(C(=O)OC)c(N=NC(C(C)=O)C(=O)Nc2ccc(NC(=O)C(N=Nc3cc(C(=O)OC)ccc3C(=O)OC)C(C)=O)cc2Cl)c1. The number of ketones is 2. The predicted molar refractivity (Wildman–Crippen MR) is 190 cm³/mol. The van der Waals surface area contributed by atoms with Crippen molar-refractivity contribution >= 4 is 81.4 Å². The number of hydrogen-bond donors (Lipinski definition) is 2. The summed E-state index contributed by atoms with van der Waals surface area (Å²) in [6.07, 6.45) is 0. The number of hydrogen-bond acceptors (Lipinski definition) is 15. The molecule has 0 aliphatic rings.